The summed E-state index contributed by atoms with van der Waals surface area (Å²) in [4.78, 5) is 24.5. The zero-order valence-corrected chi connectivity index (χ0v) is 9.90. The van der Waals surface area contributed by atoms with Crippen LogP contribution in [0.5, 0.6) is 0 Å². The fourth-order valence-corrected chi connectivity index (χ4v) is 2.05. The van der Waals surface area contributed by atoms with E-state index in [-0.39, 0.29) is 5.91 Å². The van der Waals surface area contributed by atoms with Gasteiger partial charge in [0.1, 0.15) is 6.04 Å². The van der Waals surface area contributed by atoms with Gasteiger partial charge < -0.3 is 15.3 Å². The van der Waals surface area contributed by atoms with Crippen molar-refractivity contribution in [3.05, 3.63) is 0 Å². The maximum Gasteiger partial charge on any atom is 0.326 e. The fourth-order valence-electron chi connectivity index (χ4n) is 2.05. The summed E-state index contributed by atoms with van der Waals surface area (Å²) >= 11 is 0. The molecule has 2 atom stereocenters. The molecular formula is C11H20N2O3. The molecule has 0 aromatic heterocycles. The number of nitrogens with one attached hydrogen (secondary N) is 1. The summed E-state index contributed by atoms with van der Waals surface area (Å²) in [6, 6.07) is -0.744. The lowest BCUT2D eigenvalue weighted by Gasteiger charge is -2.14. The van der Waals surface area contributed by atoms with E-state index in [1.807, 2.05) is 7.05 Å². The zero-order chi connectivity index (χ0) is 12.1. The Bertz CT molecular complexity index is 268. The van der Waals surface area contributed by atoms with Crippen molar-refractivity contribution in [1.82, 2.24) is 10.2 Å². The molecule has 0 bridgehead atoms. The van der Waals surface area contributed by atoms with Gasteiger partial charge >= 0.3 is 5.97 Å². The highest BCUT2D eigenvalue weighted by molar-refractivity contribution is 5.83. The van der Waals surface area contributed by atoms with Gasteiger partial charge in [-0.2, -0.15) is 0 Å². The topological polar surface area (TPSA) is 69.6 Å². The Morgan fingerprint density at radius 2 is 2.25 bits per heavy atom. The van der Waals surface area contributed by atoms with Crippen molar-refractivity contribution in [1.29, 1.82) is 0 Å². The third-order valence-corrected chi connectivity index (χ3v) is 3.00. The standard InChI is InChI=1S/C11H20N2O3/c1-3-9(11(15)16)12-10(14)6-8-4-5-13(2)7-8/h8-9H,3-7H2,1-2H3,(H,12,14)(H,15,16). The zero-order valence-electron chi connectivity index (χ0n) is 9.90. The molecule has 5 heteroatoms. The highest BCUT2D eigenvalue weighted by Crippen LogP contribution is 2.17. The smallest absolute Gasteiger partial charge is 0.326 e. The molecule has 1 fully saturated rings. The van der Waals surface area contributed by atoms with Gasteiger partial charge in [0.15, 0.2) is 0 Å². The number of hydrogen-bond donors (Lipinski definition) is 2. The SMILES string of the molecule is CCC(NC(=O)CC1CCN(C)C1)C(=O)O. The van der Waals surface area contributed by atoms with Crippen LogP contribution in [0.3, 0.4) is 0 Å². The molecule has 0 aromatic carbocycles. The highest BCUT2D eigenvalue weighted by Gasteiger charge is 2.24. The van der Waals surface area contributed by atoms with Crippen LogP contribution in [0.25, 0.3) is 0 Å². The monoisotopic (exact) mass is 228 g/mol. The first-order chi connectivity index (χ1) is 7.52. The van der Waals surface area contributed by atoms with E-state index in [0.29, 0.717) is 18.8 Å². The van der Waals surface area contributed by atoms with Crippen molar-refractivity contribution in [3.63, 3.8) is 0 Å². The number of amides is 1. The first-order valence-corrected chi connectivity index (χ1v) is 5.73. The summed E-state index contributed by atoms with van der Waals surface area (Å²) < 4.78 is 0. The van der Waals surface area contributed by atoms with Gasteiger partial charge in [-0.15, -0.1) is 0 Å². The Hall–Kier alpha value is -1.10. The number of carbonyl (C=O) groups is 2. The Labute approximate surface area is 95.8 Å². The average molecular weight is 228 g/mol. The summed E-state index contributed by atoms with van der Waals surface area (Å²) in [5.74, 6) is -0.731. The molecule has 1 aliphatic rings. The molecule has 16 heavy (non-hydrogen) atoms. The number of rotatable bonds is 5. The summed E-state index contributed by atoms with van der Waals surface area (Å²) in [6.07, 6.45) is 1.88. The van der Waals surface area contributed by atoms with Gasteiger partial charge in [-0.3, -0.25) is 4.79 Å². The molecular weight excluding hydrogens is 208 g/mol. The first kappa shape index (κ1) is 13.0. The summed E-state index contributed by atoms with van der Waals surface area (Å²) in [5, 5.41) is 11.4. The summed E-state index contributed by atoms with van der Waals surface area (Å²) in [7, 11) is 2.03. The molecule has 0 spiro atoms. The summed E-state index contributed by atoms with van der Waals surface area (Å²) in [6.45, 7) is 3.70. The molecule has 1 aliphatic heterocycles. The van der Waals surface area contributed by atoms with E-state index in [0.717, 1.165) is 19.5 Å². The lowest BCUT2D eigenvalue weighted by molar-refractivity contribution is -0.142. The molecule has 0 saturated carbocycles. The van der Waals surface area contributed by atoms with E-state index in [1.54, 1.807) is 6.92 Å². The van der Waals surface area contributed by atoms with Gasteiger partial charge in [-0.05, 0) is 32.4 Å². The molecule has 2 unspecified atom stereocenters. The number of aliphatic carboxylic acids is 1. The van der Waals surface area contributed by atoms with Gasteiger partial charge in [-0.25, -0.2) is 4.79 Å². The molecule has 1 amide bonds. The van der Waals surface area contributed by atoms with Gasteiger partial charge in [0.2, 0.25) is 5.91 Å². The number of hydrogen-bond acceptors (Lipinski definition) is 3. The quantitative estimate of drug-likeness (QED) is 0.710. The van der Waals surface area contributed by atoms with Gasteiger partial charge in [0.05, 0.1) is 0 Å². The second-order valence-electron chi connectivity index (χ2n) is 4.49. The second kappa shape index (κ2) is 5.84. The first-order valence-electron chi connectivity index (χ1n) is 5.73. The predicted molar refractivity (Wildman–Crippen MR) is 60.1 cm³/mol. The number of nitrogens with zero attached hydrogens (tertiary/aromatic N) is 1. The predicted octanol–water partition coefficient (Wildman–Crippen LogP) is 0.308. The lowest BCUT2D eigenvalue weighted by atomic mass is 10.0. The summed E-state index contributed by atoms with van der Waals surface area (Å²) in [5.41, 5.74) is 0. The molecule has 1 saturated heterocycles. The van der Waals surface area contributed by atoms with Crippen LogP contribution in [0.1, 0.15) is 26.2 Å². The van der Waals surface area contributed by atoms with Crippen molar-refractivity contribution < 1.29 is 14.7 Å². The third-order valence-electron chi connectivity index (χ3n) is 3.00. The number of carboxylic acids is 1. The minimum absolute atomic E-state index is 0.144. The highest BCUT2D eigenvalue weighted by atomic mass is 16.4. The van der Waals surface area contributed by atoms with Crippen molar-refractivity contribution in [3.8, 4) is 0 Å². The normalized spacial score (nSPS) is 23.0. The maximum atomic E-state index is 11.6. The molecule has 1 heterocycles. The van der Waals surface area contributed by atoms with Crippen molar-refractivity contribution >= 4 is 11.9 Å². The molecule has 5 nitrogen and oxygen atoms in total. The van der Waals surface area contributed by atoms with E-state index >= 15 is 0 Å². The Kier molecular flexibility index (Phi) is 4.73. The molecule has 0 radical (unpaired) electrons. The number of likely N-dealkylation sites (tertiary alicyclic amines) is 1. The molecule has 0 aromatic rings. The Morgan fingerprint density at radius 1 is 1.56 bits per heavy atom. The average Bonchev–Trinajstić information content (AvgIpc) is 2.60. The van der Waals surface area contributed by atoms with E-state index in [9.17, 15) is 9.59 Å². The van der Waals surface area contributed by atoms with Crippen LogP contribution >= 0.6 is 0 Å². The van der Waals surface area contributed by atoms with Gasteiger partial charge in [-0.1, -0.05) is 6.92 Å². The van der Waals surface area contributed by atoms with Crippen LogP contribution in [0, 0.1) is 5.92 Å². The van der Waals surface area contributed by atoms with E-state index < -0.39 is 12.0 Å². The van der Waals surface area contributed by atoms with Crippen molar-refractivity contribution in [2.45, 2.75) is 32.2 Å². The maximum absolute atomic E-state index is 11.6. The van der Waals surface area contributed by atoms with Crippen LogP contribution in [0.4, 0.5) is 0 Å². The van der Waals surface area contributed by atoms with Crippen molar-refractivity contribution in [2.75, 3.05) is 20.1 Å². The molecule has 1 rings (SSSR count). The minimum atomic E-state index is -0.959. The Morgan fingerprint density at radius 3 is 2.69 bits per heavy atom. The molecule has 2 N–H and O–H groups in total. The van der Waals surface area contributed by atoms with Crippen LogP contribution in [-0.2, 0) is 9.59 Å². The minimum Gasteiger partial charge on any atom is -0.480 e. The van der Waals surface area contributed by atoms with E-state index in [2.05, 4.69) is 10.2 Å². The fraction of sp³-hybridized carbons (Fsp3) is 0.818. The lowest BCUT2D eigenvalue weighted by Crippen LogP contribution is -2.41. The third kappa shape index (κ3) is 3.81. The van der Waals surface area contributed by atoms with Crippen LogP contribution in [0.15, 0.2) is 0 Å². The Balaban J connectivity index is 2.32. The van der Waals surface area contributed by atoms with Crippen LogP contribution < -0.4 is 5.32 Å². The number of carboxylic acid groups (broad SMARTS) is 1. The molecule has 92 valence electrons. The van der Waals surface area contributed by atoms with Gasteiger partial charge in [0.25, 0.3) is 0 Å². The second-order valence-corrected chi connectivity index (χ2v) is 4.49. The van der Waals surface area contributed by atoms with Crippen LogP contribution in [-0.4, -0.2) is 48.1 Å². The van der Waals surface area contributed by atoms with Gasteiger partial charge in [0, 0.05) is 13.0 Å². The number of carbonyl (C=O) groups excluding carboxylic acids is 1. The molecule has 0 aliphatic carbocycles. The van der Waals surface area contributed by atoms with E-state index in [4.69, 9.17) is 5.11 Å². The van der Waals surface area contributed by atoms with Crippen molar-refractivity contribution in [2.24, 2.45) is 5.92 Å². The van der Waals surface area contributed by atoms with Crippen LogP contribution in [0.2, 0.25) is 0 Å². The largest absolute Gasteiger partial charge is 0.480 e. The van der Waals surface area contributed by atoms with E-state index in [1.165, 1.54) is 0 Å².